The molecule has 0 unspecified atom stereocenters. The summed E-state index contributed by atoms with van der Waals surface area (Å²) in [4.78, 5) is 23.0. The molecule has 0 aromatic heterocycles. The van der Waals surface area contributed by atoms with Gasteiger partial charge in [-0.3, -0.25) is 9.59 Å². The van der Waals surface area contributed by atoms with Gasteiger partial charge >= 0.3 is 0 Å². The van der Waals surface area contributed by atoms with Crippen LogP contribution in [0.15, 0.2) is 48.5 Å². The van der Waals surface area contributed by atoms with Gasteiger partial charge in [0.05, 0.1) is 19.4 Å². The molecule has 0 aliphatic heterocycles. The van der Waals surface area contributed by atoms with Crippen LogP contribution in [0.4, 0.5) is 5.69 Å². The van der Waals surface area contributed by atoms with Crippen LogP contribution in [0.1, 0.15) is 22.8 Å². The van der Waals surface area contributed by atoms with Crippen molar-refractivity contribution in [1.82, 2.24) is 0 Å². The molecule has 0 fully saturated rings. The van der Waals surface area contributed by atoms with Gasteiger partial charge in [-0.15, -0.1) is 0 Å². The van der Waals surface area contributed by atoms with E-state index in [-0.39, 0.29) is 5.91 Å². The normalized spacial score (nSPS) is 10.4. The van der Waals surface area contributed by atoms with Gasteiger partial charge < -0.3 is 14.8 Å². The lowest BCUT2D eigenvalue weighted by Gasteiger charge is -2.09. The smallest absolute Gasteiger partial charge is 0.248 e. The van der Waals surface area contributed by atoms with Gasteiger partial charge in [0.25, 0.3) is 0 Å². The van der Waals surface area contributed by atoms with Crippen molar-refractivity contribution >= 4 is 24.0 Å². The standard InChI is InChI=1S/C19H19NO4/c1-3-24-17-10-8-14(12-18(17)23-2)9-11-19(22)20-16-7-5-4-6-15(16)13-21/h4-13H,3H2,1-2H3,(H,20,22)/b11-9+. The first kappa shape index (κ1) is 17.3. The molecule has 0 aliphatic carbocycles. The summed E-state index contributed by atoms with van der Waals surface area (Å²) in [5.74, 6) is 0.935. The molecule has 2 aromatic carbocycles. The first-order chi connectivity index (χ1) is 11.7. The SMILES string of the molecule is CCOc1ccc(/C=C/C(=O)Nc2ccccc2C=O)cc1OC. The van der Waals surface area contributed by atoms with E-state index in [0.717, 1.165) is 5.56 Å². The van der Waals surface area contributed by atoms with Crippen LogP contribution in [0.2, 0.25) is 0 Å². The molecule has 5 nitrogen and oxygen atoms in total. The fourth-order valence-electron chi connectivity index (χ4n) is 2.12. The minimum Gasteiger partial charge on any atom is -0.493 e. The third-order valence-corrected chi connectivity index (χ3v) is 3.26. The number of hydrogen-bond donors (Lipinski definition) is 1. The Morgan fingerprint density at radius 3 is 2.67 bits per heavy atom. The van der Waals surface area contributed by atoms with Crippen molar-refractivity contribution in [3.63, 3.8) is 0 Å². The maximum atomic E-state index is 12.0. The van der Waals surface area contributed by atoms with E-state index >= 15 is 0 Å². The van der Waals surface area contributed by atoms with Gasteiger partial charge in [-0.25, -0.2) is 0 Å². The molecule has 124 valence electrons. The monoisotopic (exact) mass is 325 g/mol. The molecule has 2 aromatic rings. The molecule has 0 atom stereocenters. The minimum atomic E-state index is -0.322. The van der Waals surface area contributed by atoms with E-state index in [1.54, 1.807) is 49.6 Å². The van der Waals surface area contributed by atoms with Crippen molar-refractivity contribution in [3.8, 4) is 11.5 Å². The summed E-state index contributed by atoms with van der Waals surface area (Å²) in [6.07, 6.45) is 3.77. The fourth-order valence-corrected chi connectivity index (χ4v) is 2.12. The van der Waals surface area contributed by atoms with Gasteiger partial charge in [-0.05, 0) is 42.8 Å². The third kappa shape index (κ3) is 4.46. The Morgan fingerprint density at radius 2 is 1.96 bits per heavy atom. The summed E-state index contributed by atoms with van der Waals surface area (Å²) in [5, 5.41) is 2.68. The summed E-state index contributed by atoms with van der Waals surface area (Å²) >= 11 is 0. The van der Waals surface area contributed by atoms with Gasteiger partial charge in [0.2, 0.25) is 5.91 Å². The zero-order chi connectivity index (χ0) is 17.4. The second-order valence-corrected chi connectivity index (χ2v) is 4.87. The Kier molecular flexibility index (Phi) is 6.14. The lowest BCUT2D eigenvalue weighted by Crippen LogP contribution is -2.09. The number of amides is 1. The molecule has 0 saturated heterocycles. The molecule has 5 heteroatoms. The molecule has 0 spiro atoms. The van der Waals surface area contributed by atoms with Crippen molar-refractivity contribution < 1.29 is 19.1 Å². The molecule has 1 N–H and O–H groups in total. The van der Waals surface area contributed by atoms with Gasteiger partial charge in [0.15, 0.2) is 17.8 Å². The second kappa shape index (κ2) is 8.53. The van der Waals surface area contributed by atoms with Crippen LogP contribution >= 0.6 is 0 Å². The van der Waals surface area contributed by atoms with Crippen LogP contribution in [0, 0.1) is 0 Å². The van der Waals surface area contributed by atoms with Gasteiger partial charge in [0, 0.05) is 11.6 Å². The molecule has 0 saturated carbocycles. The van der Waals surface area contributed by atoms with Crippen LogP contribution < -0.4 is 14.8 Å². The molecule has 0 radical (unpaired) electrons. The summed E-state index contributed by atoms with van der Waals surface area (Å²) in [6.45, 7) is 2.44. The number of anilines is 1. The first-order valence-electron chi connectivity index (χ1n) is 7.52. The predicted molar refractivity (Wildman–Crippen MR) is 93.7 cm³/mol. The average molecular weight is 325 g/mol. The third-order valence-electron chi connectivity index (χ3n) is 3.26. The number of carbonyl (C=O) groups is 2. The molecular weight excluding hydrogens is 306 g/mol. The highest BCUT2D eigenvalue weighted by Gasteiger charge is 2.05. The molecule has 1 amide bonds. The van der Waals surface area contributed by atoms with Gasteiger partial charge in [-0.1, -0.05) is 18.2 Å². The molecule has 0 aliphatic rings. The van der Waals surface area contributed by atoms with E-state index < -0.39 is 0 Å². The van der Waals surface area contributed by atoms with Crippen molar-refractivity contribution in [1.29, 1.82) is 0 Å². The van der Waals surface area contributed by atoms with E-state index in [0.29, 0.717) is 35.6 Å². The summed E-state index contributed by atoms with van der Waals surface area (Å²) in [5.41, 5.74) is 1.71. The number of hydrogen-bond acceptors (Lipinski definition) is 4. The van der Waals surface area contributed by atoms with Crippen molar-refractivity contribution in [3.05, 3.63) is 59.7 Å². The van der Waals surface area contributed by atoms with Crippen LogP contribution in [-0.4, -0.2) is 25.9 Å². The number of aldehydes is 1. The van der Waals surface area contributed by atoms with E-state index in [1.165, 1.54) is 6.08 Å². The maximum Gasteiger partial charge on any atom is 0.248 e. The number of rotatable bonds is 7. The second-order valence-electron chi connectivity index (χ2n) is 4.87. The molecule has 0 heterocycles. The number of benzene rings is 2. The Morgan fingerprint density at radius 1 is 1.17 bits per heavy atom. The zero-order valence-corrected chi connectivity index (χ0v) is 13.6. The Hall–Kier alpha value is -3.08. The van der Waals surface area contributed by atoms with Crippen LogP contribution in [0.25, 0.3) is 6.08 Å². The Labute approximate surface area is 140 Å². The number of nitrogens with one attached hydrogen (secondary N) is 1. The summed E-state index contributed by atoms with van der Waals surface area (Å²) < 4.78 is 10.7. The number of para-hydroxylation sites is 1. The zero-order valence-electron chi connectivity index (χ0n) is 13.6. The molecule has 24 heavy (non-hydrogen) atoms. The van der Waals surface area contributed by atoms with Crippen LogP contribution in [0.3, 0.4) is 0 Å². The van der Waals surface area contributed by atoms with Crippen molar-refractivity contribution in [2.24, 2.45) is 0 Å². The van der Waals surface area contributed by atoms with Gasteiger partial charge in [-0.2, -0.15) is 0 Å². The maximum absolute atomic E-state index is 12.0. The lowest BCUT2D eigenvalue weighted by atomic mass is 10.1. The fraction of sp³-hybridized carbons (Fsp3) is 0.158. The highest BCUT2D eigenvalue weighted by atomic mass is 16.5. The average Bonchev–Trinajstić information content (AvgIpc) is 2.61. The number of methoxy groups -OCH3 is 1. The minimum absolute atomic E-state index is 0.322. The van der Waals surface area contributed by atoms with Crippen molar-refractivity contribution in [2.45, 2.75) is 6.92 Å². The molecule has 0 bridgehead atoms. The van der Waals surface area contributed by atoms with E-state index in [9.17, 15) is 9.59 Å². The van der Waals surface area contributed by atoms with Crippen molar-refractivity contribution in [2.75, 3.05) is 19.0 Å². The van der Waals surface area contributed by atoms with Crippen LogP contribution in [0.5, 0.6) is 11.5 Å². The quantitative estimate of drug-likeness (QED) is 0.624. The topological polar surface area (TPSA) is 64.6 Å². The summed E-state index contributed by atoms with van der Waals surface area (Å²) in [6, 6.07) is 12.2. The van der Waals surface area contributed by atoms with Crippen LogP contribution in [-0.2, 0) is 4.79 Å². The molecular formula is C19H19NO4. The largest absolute Gasteiger partial charge is 0.493 e. The number of carbonyl (C=O) groups excluding carboxylic acids is 2. The van der Waals surface area contributed by atoms with E-state index in [1.807, 2.05) is 13.0 Å². The Balaban J connectivity index is 2.09. The van der Waals surface area contributed by atoms with E-state index in [4.69, 9.17) is 9.47 Å². The predicted octanol–water partition coefficient (Wildman–Crippen LogP) is 3.56. The highest BCUT2D eigenvalue weighted by Crippen LogP contribution is 2.28. The van der Waals surface area contributed by atoms with Gasteiger partial charge in [0.1, 0.15) is 0 Å². The number of ether oxygens (including phenoxy) is 2. The summed E-state index contributed by atoms with van der Waals surface area (Å²) in [7, 11) is 1.56. The molecule has 2 rings (SSSR count). The van der Waals surface area contributed by atoms with E-state index in [2.05, 4.69) is 5.32 Å². The lowest BCUT2D eigenvalue weighted by molar-refractivity contribution is -0.111. The highest BCUT2D eigenvalue weighted by molar-refractivity contribution is 6.04. The first-order valence-corrected chi connectivity index (χ1v) is 7.52. The Bertz CT molecular complexity index is 753.